The van der Waals surface area contributed by atoms with Crippen LogP contribution in [0.15, 0.2) is 36.4 Å². The van der Waals surface area contributed by atoms with E-state index in [1.54, 1.807) is 4.90 Å². The second-order valence-corrected chi connectivity index (χ2v) is 14.1. The molecular formula is C37H50N6O6. The predicted octanol–water partition coefficient (Wildman–Crippen LogP) is 3.75. The molecule has 49 heavy (non-hydrogen) atoms. The number of hydrogen-bond donors (Lipinski definition) is 1. The number of nitrogens with zero attached hydrogens (tertiary/aromatic N) is 5. The highest BCUT2D eigenvalue weighted by Gasteiger charge is 2.36. The molecule has 7 rings (SSSR count). The Morgan fingerprint density at radius 1 is 0.898 bits per heavy atom. The highest BCUT2D eigenvalue weighted by Crippen LogP contribution is 2.36. The van der Waals surface area contributed by atoms with Crippen molar-refractivity contribution in [1.29, 1.82) is 0 Å². The van der Waals surface area contributed by atoms with Crippen LogP contribution < -0.4 is 15.0 Å². The van der Waals surface area contributed by atoms with Crippen LogP contribution in [-0.2, 0) is 27.1 Å². The summed E-state index contributed by atoms with van der Waals surface area (Å²) in [4.78, 5) is 51.2. The lowest BCUT2D eigenvalue weighted by Gasteiger charge is -2.41. The van der Waals surface area contributed by atoms with Gasteiger partial charge in [-0.05, 0) is 67.9 Å². The number of nitrogens with one attached hydrogen (secondary N) is 1. The minimum absolute atomic E-state index is 0.0279. The molecule has 12 nitrogen and oxygen atoms in total. The second-order valence-electron chi connectivity index (χ2n) is 14.1. The van der Waals surface area contributed by atoms with E-state index in [0.29, 0.717) is 58.2 Å². The Morgan fingerprint density at radius 2 is 1.61 bits per heavy atom. The fourth-order valence-electron chi connectivity index (χ4n) is 8.23. The Balaban J connectivity index is 1.01. The van der Waals surface area contributed by atoms with Gasteiger partial charge in [-0.2, -0.15) is 0 Å². The number of anilines is 2. The van der Waals surface area contributed by atoms with Crippen LogP contribution in [-0.4, -0.2) is 135 Å². The molecule has 4 amide bonds. The van der Waals surface area contributed by atoms with Gasteiger partial charge in [0, 0.05) is 77.1 Å². The third-order valence-electron chi connectivity index (χ3n) is 11.0. The quantitative estimate of drug-likeness (QED) is 0.494. The molecule has 5 aliphatic rings. The Bertz CT molecular complexity index is 1510. The molecule has 2 aromatic rings. The normalized spacial score (nSPS) is 21.6. The van der Waals surface area contributed by atoms with Crippen molar-refractivity contribution < 1.29 is 28.6 Å². The van der Waals surface area contributed by atoms with Gasteiger partial charge in [-0.25, -0.2) is 9.59 Å². The summed E-state index contributed by atoms with van der Waals surface area (Å²) in [7, 11) is 2.06. The maximum Gasteiger partial charge on any atom is 0.410 e. The molecule has 264 valence electrons. The van der Waals surface area contributed by atoms with Crippen LogP contribution in [0.1, 0.15) is 42.4 Å². The van der Waals surface area contributed by atoms with E-state index in [-0.39, 0.29) is 24.4 Å². The maximum absolute atomic E-state index is 14.2. The Hall–Kier alpha value is -4.03. The van der Waals surface area contributed by atoms with E-state index in [4.69, 9.17) is 14.2 Å². The summed E-state index contributed by atoms with van der Waals surface area (Å²) in [5.41, 5.74) is 5.04. The molecule has 2 aromatic carbocycles. The van der Waals surface area contributed by atoms with Gasteiger partial charge in [0.1, 0.15) is 12.4 Å². The third-order valence-corrected chi connectivity index (χ3v) is 11.0. The first-order valence-electron chi connectivity index (χ1n) is 18.0. The summed E-state index contributed by atoms with van der Waals surface area (Å²) in [6, 6.07) is 12.4. The number of fused-ring (bicyclic) bond motifs is 2. The summed E-state index contributed by atoms with van der Waals surface area (Å²) in [5.74, 6) is 0.660. The number of benzene rings is 2. The number of piperidine rings is 2. The van der Waals surface area contributed by atoms with Gasteiger partial charge < -0.3 is 39.1 Å². The van der Waals surface area contributed by atoms with E-state index in [2.05, 4.69) is 41.2 Å². The van der Waals surface area contributed by atoms with Crippen molar-refractivity contribution in [1.82, 2.24) is 19.6 Å². The van der Waals surface area contributed by atoms with Crippen LogP contribution >= 0.6 is 0 Å². The first-order valence-corrected chi connectivity index (χ1v) is 18.0. The van der Waals surface area contributed by atoms with Gasteiger partial charge in [0.2, 0.25) is 0 Å². The van der Waals surface area contributed by atoms with Gasteiger partial charge in [-0.15, -0.1) is 0 Å². The molecule has 1 atom stereocenters. The molecular weight excluding hydrogens is 624 g/mol. The summed E-state index contributed by atoms with van der Waals surface area (Å²) in [6.07, 6.45) is 2.74. The lowest BCUT2D eigenvalue weighted by atomic mass is 9.99. The maximum atomic E-state index is 14.2. The molecule has 1 unspecified atom stereocenters. The van der Waals surface area contributed by atoms with Crippen LogP contribution in [0.2, 0.25) is 0 Å². The van der Waals surface area contributed by atoms with Crippen LogP contribution in [0.5, 0.6) is 5.75 Å². The van der Waals surface area contributed by atoms with E-state index >= 15 is 0 Å². The number of ether oxygens (including phenoxy) is 3. The first kappa shape index (κ1) is 33.5. The SMILES string of the molecule is Cc1cc(CC(OC(=O)N2CCC(N3CCc4ccccc4NC3=O)CC2)C(=O)N2CCC(N3CCOCC3)CC2)cc2c1N(C)CCO2. The molecule has 12 heteroatoms. The van der Waals surface area contributed by atoms with Crippen molar-refractivity contribution in [3.05, 3.63) is 53.1 Å². The zero-order chi connectivity index (χ0) is 33.9. The standard InChI is InChI=1S/C37H50N6O6/c1-26-23-27(24-32-34(26)39(2)17-22-48-32)25-33(35(44)41-12-8-29(9-13-41)40-18-20-47-21-19-40)49-37(46)42-14-10-30(11-15-42)43-16-7-28-5-3-4-6-31(28)38-36(43)45/h3-6,23-24,29-30,33H,7-22,25H2,1-2H3,(H,38,45). The summed E-state index contributed by atoms with van der Waals surface area (Å²) < 4.78 is 17.7. The molecule has 3 fully saturated rings. The number of hydrogen-bond acceptors (Lipinski definition) is 8. The number of likely N-dealkylation sites (tertiary alicyclic amines) is 2. The van der Waals surface area contributed by atoms with Crippen molar-refractivity contribution >= 4 is 29.4 Å². The number of amides is 4. The minimum Gasteiger partial charge on any atom is -0.490 e. The first-order chi connectivity index (χ1) is 23.8. The van der Waals surface area contributed by atoms with Gasteiger partial charge in [-0.1, -0.05) is 24.3 Å². The summed E-state index contributed by atoms with van der Waals surface area (Å²) >= 11 is 0. The van der Waals surface area contributed by atoms with Gasteiger partial charge in [-0.3, -0.25) is 9.69 Å². The third kappa shape index (κ3) is 7.45. The predicted molar refractivity (Wildman–Crippen MR) is 186 cm³/mol. The average Bonchev–Trinajstić information content (AvgIpc) is 3.29. The molecule has 5 heterocycles. The van der Waals surface area contributed by atoms with Gasteiger partial charge in [0.25, 0.3) is 5.91 Å². The van der Waals surface area contributed by atoms with Gasteiger partial charge >= 0.3 is 12.1 Å². The molecule has 0 aromatic heterocycles. The number of para-hydroxylation sites is 1. The number of morpholine rings is 1. The molecule has 0 bridgehead atoms. The number of likely N-dealkylation sites (N-methyl/N-ethyl adjacent to an activating group) is 1. The van der Waals surface area contributed by atoms with Crippen molar-refractivity contribution in [2.45, 2.75) is 63.6 Å². The van der Waals surface area contributed by atoms with Crippen molar-refractivity contribution in [2.24, 2.45) is 0 Å². The average molecular weight is 675 g/mol. The Labute approximate surface area is 289 Å². The fraction of sp³-hybridized carbons (Fsp3) is 0.595. The van der Waals surface area contributed by atoms with Crippen molar-refractivity contribution in [3.8, 4) is 5.75 Å². The van der Waals surface area contributed by atoms with E-state index in [0.717, 1.165) is 85.9 Å². The smallest absolute Gasteiger partial charge is 0.410 e. The molecule has 0 saturated carbocycles. The zero-order valence-electron chi connectivity index (χ0n) is 28.9. The van der Waals surface area contributed by atoms with Crippen molar-refractivity contribution in [2.75, 3.05) is 89.4 Å². The lowest BCUT2D eigenvalue weighted by Crippen LogP contribution is -2.53. The zero-order valence-corrected chi connectivity index (χ0v) is 28.9. The minimum atomic E-state index is -0.946. The van der Waals surface area contributed by atoms with Gasteiger partial charge in [0.05, 0.1) is 25.4 Å². The van der Waals surface area contributed by atoms with Crippen molar-refractivity contribution in [3.63, 3.8) is 0 Å². The van der Waals surface area contributed by atoms with Crippen LogP contribution in [0.4, 0.5) is 21.0 Å². The molecule has 0 spiro atoms. The molecule has 1 N–H and O–H groups in total. The molecule has 0 radical (unpaired) electrons. The fourth-order valence-corrected chi connectivity index (χ4v) is 8.23. The molecule has 3 saturated heterocycles. The lowest BCUT2D eigenvalue weighted by molar-refractivity contribution is -0.142. The highest BCUT2D eigenvalue weighted by atomic mass is 16.6. The largest absolute Gasteiger partial charge is 0.490 e. The summed E-state index contributed by atoms with van der Waals surface area (Å²) in [5, 5.41) is 3.06. The second kappa shape index (κ2) is 14.8. The number of carbonyl (C=O) groups is 3. The Kier molecular flexibility index (Phi) is 10.1. The number of carbonyl (C=O) groups excluding carboxylic acids is 3. The Morgan fingerprint density at radius 3 is 2.39 bits per heavy atom. The number of aryl methyl sites for hydroxylation is 1. The van der Waals surface area contributed by atoms with E-state index < -0.39 is 12.2 Å². The number of urea groups is 1. The van der Waals surface area contributed by atoms with E-state index in [9.17, 15) is 14.4 Å². The summed E-state index contributed by atoms with van der Waals surface area (Å²) in [6.45, 7) is 9.69. The topological polar surface area (TPSA) is 107 Å². The highest BCUT2D eigenvalue weighted by molar-refractivity contribution is 5.91. The van der Waals surface area contributed by atoms with E-state index in [1.807, 2.05) is 34.1 Å². The number of rotatable bonds is 6. The van der Waals surface area contributed by atoms with Crippen LogP contribution in [0.25, 0.3) is 0 Å². The van der Waals surface area contributed by atoms with Crippen LogP contribution in [0.3, 0.4) is 0 Å². The monoisotopic (exact) mass is 674 g/mol. The molecule has 5 aliphatic heterocycles. The van der Waals surface area contributed by atoms with Gasteiger partial charge in [0.15, 0.2) is 6.10 Å². The molecule has 0 aliphatic carbocycles. The van der Waals surface area contributed by atoms with Crippen LogP contribution in [0, 0.1) is 6.92 Å². The van der Waals surface area contributed by atoms with E-state index in [1.165, 1.54) is 0 Å².